The Bertz CT molecular complexity index is 5150. The molecule has 13 aliphatic carbocycles. The van der Waals surface area contributed by atoms with Gasteiger partial charge in [-0.2, -0.15) is 0 Å². The van der Waals surface area contributed by atoms with Crippen molar-refractivity contribution in [3.63, 3.8) is 0 Å². The van der Waals surface area contributed by atoms with Crippen molar-refractivity contribution in [2.75, 3.05) is 0 Å². The van der Waals surface area contributed by atoms with Gasteiger partial charge in [-0.1, -0.05) is 280 Å². The summed E-state index contributed by atoms with van der Waals surface area (Å²) in [5.41, 5.74) is 16.7. The number of fused-ring (bicyclic) bond motifs is 13. The third-order valence-corrected chi connectivity index (χ3v) is 46.9. The van der Waals surface area contributed by atoms with E-state index in [1.54, 1.807) is 193 Å². The molecule has 0 N–H and O–H groups in total. The molecule has 3 nitrogen and oxygen atoms in total. The van der Waals surface area contributed by atoms with Gasteiger partial charge >= 0.3 is 73.4 Å². The number of hydrogen-bond donors (Lipinski definition) is 0. The van der Waals surface area contributed by atoms with Crippen LogP contribution in [0.2, 0.25) is 0 Å². The summed E-state index contributed by atoms with van der Waals surface area (Å²) in [6, 6.07) is 62.9. The van der Waals surface area contributed by atoms with Crippen molar-refractivity contribution in [2.24, 2.45) is 88.8 Å². The summed E-state index contributed by atoms with van der Waals surface area (Å²) < 4.78 is 9.58. The number of allylic oxidation sites excluding steroid dienone is 10. The molecule has 15 atom stereocenters. The van der Waals surface area contributed by atoms with Gasteiger partial charge in [0, 0.05) is 101 Å². The van der Waals surface area contributed by atoms with E-state index in [4.69, 9.17) is 19.4 Å². The molecule has 7 aromatic carbocycles. The molecule has 0 amide bonds. The van der Waals surface area contributed by atoms with Crippen molar-refractivity contribution in [3.05, 3.63) is 269 Å². The average molecular weight is 2040 g/mol. The fourth-order valence-electron chi connectivity index (χ4n) is 29.1. The van der Waals surface area contributed by atoms with Crippen molar-refractivity contribution in [3.8, 4) is 0 Å². The predicted molar refractivity (Wildman–Crippen MR) is 627 cm³/mol. The first-order valence-electron chi connectivity index (χ1n) is 54.6. The van der Waals surface area contributed by atoms with Gasteiger partial charge in [0.05, 0.1) is 34.0 Å². The first-order chi connectivity index (χ1) is 65.5. The Morgan fingerprint density at radius 1 is 0.281 bits per heavy atom. The number of para-hydroxylation sites is 6. The first-order valence-corrected chi connectivity index (χ1v) is 63.5. The number of nitrogens with zero attached hydrogens (tertiary/aromatic N) is 3. The van der Waals surface area contributed by atoms with Gasteiger partial charge in [0.15, 0.2) is 0 Å². The third-order valence-electron chi connectivity index (χ3n) is 35.9. The Balaban J connectivity index is 0.000000159. The molecule has 4 bridgehead atoms. The monoisotopic (exact) mass is 2040 g/mol. The van der Waals surface area contributed by atoms with Crippen molar-refractivity contribution in [1.29, 1.82) is 0 Å². The average Bonchev–Trinajstić information content (AvgIpc) is 1.61. The zero-order valence-corrected chi connectivity index (χ0v) is 87.1. The van der Waals surface area contributed by atoms with Crippen LogP contribution in [0.1, 0.15) is 334 Å². The van der Waals surface area contributed by atoms with Crippen LogP contribution in [0.15, 0.2) is 263 Å². The molecule has 0 saturated heterocycles. The third kappa shape index (κ3) is 28.7. The fraction of sp³-hybridized carbons (Fsp3) is 0.565. The second-order valence-electron chi connectivity index (χ2n) is 43.9. The van der Waals surface area contributed by atoms with Crippen LogP contribution in [0.4, 0.5) is 0 Å². The number of halogens is 2. The molecule has 11 saturated carbocycles. The van der Waals surface area contributed by atoms with E-state index < -0.39 is 13.5 Å². The predicted octanol–water partition coefficient (Wildman–Crippen LogP) is 40.8. The molecule has 23 rings (SSSR count). The van der Waals surface area contributed by atoms with Gasteiger partial charge in [-0.15, -0.1) is 26.3 Å². The molecule has 139 heavy (non-hydrogen) atoms. The quantitative estimate of drug-likeness (QED) is 0.0387. The molecule has 10 aromatic rings. The summed E-state index contributed by atoms with van der Waals surface area (Å²) in [4.78, 5) is 0. The molecule has 13 aliphatic rings. The Morgan fingerprint density at radius 2 is 0.554 bits per heavy atom. The summed E-state index contributed by atoms with van der Waals surface area (Å²) in [7, 11) is 11.2. The topological polar surface area (TPSA) is 14.8 Å². The minimum absolute atomic E-state index is 0. The molecule has 15 unspecified atom stereocenters. The van der Waals surface area contributed by atoms with Crippen LogP contribution in [0.25, 0.3) is 65.4 Å². The number of hydrogen-bond acceptors (Lipinski definition) is 0. The minimum atomic E-state index is -1.61. The van der Waals surface area contributed by atoms with Crippen molar-refractivity contribution >= 4 is 105 Å². The number of aromatic nitrogens is 3. The van der Waals surface area contributed by atoms with Crippen LogP contribution in [0, 0.1) is 88.8 Å². The Labute approximate surface area is 864 Å². The molecule has 11 fully saturated rings. The van der Waals surface area contributed by atoms with Gasteiger partial charge in [-0.3, -0.25) is 0 Å². The molecular formula is C131H191Cl2N3P2Ru+2. The van der Waals surface area contributed by atoms with Crippen LogP contribution >= 0.6 is 35.2 Å². The zero-order valence-electron chi connectivity index (χ0n) is 81.8. The number of rotatable bonds is 21. The van der Waals surface area contributed by atoms with Crippen molar-refractivity contribution in [2.45, 2.75) is 382 Å². The normalized spacial score (nSPS) is 26.8. The van der Waals surface area contributed by atoms with E-state index >= 15 is 0 Å². The molecule has 0 aliphatic heterocycles. The molecule has 3 aromatic heterocycles. The Kier molecular flexibility index (Phi) is 46.7. The fourth-order valence-corrected chi connectivity index (χ4v) is 41.4. The Morgan fingerprint density at radius 3 is 0.827 bits per heavy atom. The second-order valence-corrected chi connectivity index (χ2v) is 56.5. The summed E-state index contributed by atoms with van der Waals surface area (Å²) in [5.74, 6) is 11.5. The molecule has 3 heterocycles. The van der Waals surface area contributed by atoms with Gasteiger partial charge in [0.1, 0.15) is 0 Å². The zero-order chi connectivity index (χ0) is 91.2. The van der Waals surface area contributed by atoms with E-state index in [1.165, 1.54) is 183 Å². The van der Waals surface area contributed by atoms with Crippen molar-refractivity contribution in [1.82, 2.24) is 13.7 Å². The van der Waals surface area contributed by atoms with Crippen molar-refractivity contribution < 1.29 is 13.5 Å². The molecule has 760 valence electrons. The standard InChI is InChI=1S/C31H37N.C22H23N.C20H19N.2C18H33P.C9H14.C7H6.6CH4.2ClH.Ru/c1-4-22-17-26(16-15-23-19-24(5-2)25(6-3)20-23)27(18-22)21-32-30-13-9-7-11-28(30)29-12-8-10-14-31(29)32;1-3-16-13-17(4-2)18(14-16)15-23-21-11-7-5-9-19(21)20-10-6-8-12-22(20)23;1-3-7-19-17(5-1)18-6-2-4-8-20(18)21(19)13-16-12-14-9-10-15(16)11-14;2*1-4-10-16(11-5-1)19(17-12-6-2-7-13-17)18-14-8-3-9-15-18;1-2-8-5-7-3-4-9(8)6-7;1-7-5-3-2-4-6-7;;;;;;;;;/h4-5,7-16,22-27H,1-2,6,17-21H2,3H3;3-12,16-18H,1-2,13-15H2;1-10,14-16H,11-13H2;2*16-18H,1-15H2;3-4,7-9H,2,5-6H2,1H3;1-6H;6*1H4;2*1H;/q;;;;;;;;;;;;;;;+2/b16-15-;;;;;;;;;;;;;;;. The van der Waals surface area contributed by atoms with E-state index in [1.807, 2.05) is 34.9 Å². The van der Waals surface area contributed by atoms with E-state index in [-0.39, 0.29) is 60.4 Å². The first kappa shape index (κ1) is 113. The molecular weight excluding hydrogens is 1850 g/mol. The molecule has 8 heteroatoms. The van der Waals surface area contributed by atoms with E-state index in [9.17, 15) is 0 Å². The van der Waals surface area contributed by atoms with Crippen LogP contribution in [-0.4, -0.2) is 52.3 Å². The Hall–Kier alpha value is -5.95. The van der Waals surface area contributed by atoms with Crippen LogP contribution in [0.3, 0.4) is 0 Å². The van der Waals surface area contributed by atoms with E-state index in [0.29, 0.717) is 41.4 Å². The van der Waals surface area contributed by atoms with Gasteiger partial charge in [-0.25, -0.2) is 0 Å². The van der Waals surface area contributed by atoms with Crippen LogP contribution in [-0.2, 0) is 33.2 Å². The second kappa shape index (κ2) is 57.2. The van der Waals surface area contributed by atoms with Gasteiger partial charge in [0.25, 0.3) is 0 Å². The molecule has 0 spiro atoms. The van der Waals surface area contributed by atoms with Crippen LogP contribution < -0.4 is 0 Å². The SMILES string of the molecule is C.C.C.C.C.C.C1=CC2CC1CC2Cn1c2ccccc2c2ccccc21.C1CCC([PH+](C2CCCCC2)C2CCCCC2)CC1.C1CCC([PH+](C2CCCCC2)C2CCCCC2)CC1.C=CC1CC(/C=C\C2CC(C=C)C(CC)C2)C(Cn2c3ccccc3c3ccccc32)C1.C=CC1CC(C=C)C(Cn2c3ccccc3c3ccccc32)C1.CCC1CC2C=CC1C2.[Cl][Ru]([Cl])=[CH]c1ccccc1. The van der Waals surface area contributed by atoms with Gasteiger partial charge in [-0.05, 0) is 343 Å². The molecule has 0 radical (unpaired) electrons. The summed E-state index contributed by atoms with van der Waals surface area (Å²) in [6.45, 7) is 24.3. The summed E-state index contributed by atoms with van der Waals surface area (Å²) in [6.07, 6.45) is 87.1. The summed E-state index contributed by atoms with van der Waals surface area (Å²) >= 11 is -1.61. The van der Waals surface area contributed by atoms with Crippen LogP contribution in [0.5, 0.6) is 0 Å². The van der Waals surface area contributed by atoms with Gasteiger partial charge < -0.3 is 13.7 Å². The summed E-state index contributed by atoms with van der Waals surface area (Å²) in [5, 5.41) is 8.26. The maximum absolute atomic E-state index is 5.67. The van der Waals surface area contributed by atoms with Gasteiger partial charge in [0.2, 0.25) is 0 Å². The maximum atomic E-state index is 5.67. The number of benzene rings is 7. The van der Waals surface area contributed by atoms with E-state index in [2.05, 4.69) is 260 Å². The van der Waals surface area contributed by atoms with E-state index in [0.717, 1.165) is 66.0 Å².